The van der Waals surface area contributed by atoms with Crippen LogP contribution in [0.25, 0.3) is 0 Å². The predicted molar refractivity (Wildman–Crippen MR) is 69.2 cm³/mol. The first kappa shape index (κ1) is 11.6. The van der Waals surface area contributed by atoms with Crippen LogP contribution in [0.1, 0.15) is 43.5 Å². The zero-order valence-corrected chi connectivity index (χ0v) is 11.1. The van der Waals surface area contributed by atoms with Crippen molar-refractivity contribution in [3.63, 3.8) is 0 Å². The highest BCUT2D eigenvalue weighted by Crippen LogP contribution is 2.45. The van der Waals surface area contributed by atoms with Crippen molar-refractivity contribution in [3.8, 4) is 0 Å². The third-order valence-corrected chi connectivity index (χ3v) is 5.04. The lowest BCUT2D eigenvalue weighted by Gasteiger charge is -2.47. The summed E-state index contributed by atoms with van der Waals surface area (Å²) in [6.45, 7) is 4.16. The van der Waals surface area contributed by atoms with E-state index in [1.54, 1.807) is 11.5 Å². The summed E-state index contributed by atoms with van der Waals surface area (Å²) >= 11 is 1.61. The molecule has 0 bridgehead atoms. The molecular formula is C13H20N2OS. The van der Waals surface area contributed by atoms with Crippen molar-refractivity contribution in [1.82, 2.24) is 9.69 Å². The molecule has 3 nitrogen and oxygen atoms in total. The first-order valence-electron chi connectivity index (χ1n) is 6.58. The van der Waals surface area contributed by atoms with Gasteiger partial charge in [-0.25, -0.2) is 4.37 Å². The number of hydrogen-bond donors (Lipinski definition) is 1. The van der Waals surface area contributed by atoms with Crippen molar-refractivity contribution in [3.05, 3.63) is 17.1 Å². The van der Waals surface area contributed by atoms with E-state index in [0.29, 0.717) is 6.04 Å². The molecule has 1 aliphatic heterocycles. The maximum atomic E-state index is 6.21. The molecule has 1 aromatic rings. The lowest BCUT2D eigenvalue weighted by Crippen LogP contribution is -2.53. The van der Waals surface area contributed by atoms with Gasteiger partial charge in [0.05, 0.1) is 18.2 Å². The van der Waals surface area contributed by atoms with Gasteiger partial charge in [0.25, 0.3) is 0 Å². The van der Waals surface area contributed by atoms with Crippen LogP contribution in [0.3, 0.4) is 0 Å². The Hall–Kier alpha value is -0.450. The van der Waals surface area contributed by atoms with Gasteiger partial charge in [-0.05, 0) is 49.2 Å². The molecule has 1 aromatic heterocycles. The molecule has 1 aliphatic carbocycles. The van der Waals surface area contributed by atoms with Crippen LogP contribution in [0.5, 0.6) is 0 Å². The van der Waals surface area contributed by atoms with Crippen LogP contribution in [0.2, 0.25) is 0 Å². The fourth-order valence-electron chi connectivity index (χ4n) is 3.15. The summed E-state index contributed by atoms with van der Waals surface area (Å²) in [6.07, 6.45) is 6.84. The fourth-order valence-corrected chi connectivity index (χ4v) is 3.91. The van der Waals surface area contributed by atoms with Gasteiger partial charge >= 0.3 is 0 Å². The molecule has 1 saturated carbocycles. The average molecular weight is 252 g/mol. The molecule has 2 fully saturated rings. The molecule has 94 valence electrons. The lowest BCUT2D eigenvalue weighted by molar-refractivity contribution is -0.123. The Morgan fingerprint density at radius 1 is 1.47 bits per heavy atom. The van der Waals surface area contributed by atoms with Crippen molar-refractivity contribution < 1.29 is 4.74 Å². The molecule has 1 saturated heterocycles. The topological polar surface area (TPSA) is 34.1 Å². The average Bonchev–Trinajstić information content (AvgIpc) is 2.87. The molecule has 17 heavy (non-hydrogen) atoms. The van der Waals surface area contributed by atoms with Crippen LogP contribution in [-0.4, -0.2) is 23.1 Å². The highest BCUT2D eigenvalue weighted by atomic mass is 32.1. The van der Waals surface area contributed by atoms with Crippen molar-refractivity contribution in [2.75, 3.05) is 13.2 Å². The minimum atomic E-state index is 0.0390. The van der Waals surface area contributed by atoms with Gasteiger partial charge in [0, 0.05) is 17.6 Å². The summed E-state index contributed by atoms with van der Waals surface area (Å²) < 4.78 is 10.4. The predicted octanol–water partition coefficient (Wildman–Crippen LogP) is 2.75. The molecule has 0 radical (unpaired) electrons. The smallest absolute Gasteiger partial charge is 0.0885 e. The Morgan fingerprint density at radius 3 is 3.00 bits per heavy atom. The molecule has 4 heteroatoms. The van der Waals surface area contributed by atoms with Gasteiger partial charge in [0.1, 0.15) is 0 Å². The van der Waals surface area contributed by atoms with Gasteiger partial charge < -0.3 is 10.1 Å². The largest absolute Gasteiger partial charge is 0.372 e. The van der Waals surface area contributed by atoms with Crippen LogP contribution in [0.4, 0.5) is 0 Å². The quantitative estimate of drug-likeness (QED) is 0.834. The van der Waals surface area contributed by atoms with Crippen LogP contribution in [0, 0.1) is 5.92 Å². The fraction of sp³-hybridized carbons (Fsp3) is 0.769. The third kappa shape index (κ3) is 2.14. The number of nitrogens with one attached hydrogen (secondary N) is 1. The number of hydrogen-bond acceptors (Lipinski definition) is 4. The Kier molecular flexibility index (Phi) is 3.19. The van der Waals surface area contributed by atoms with E-state index in [-0.39, 0.29) is 5.60 Å². The van der Waals surface area contributed by atoms with E-state index < -0.39 is 0 Å². The summed E-state index contributed by atoms with van der Waals surface area (Å²) in [5, 5.41) is 3.64. The van der Waals surface area contributed by atoms with E-state index in [1.807, 2.05) is 6.20 Å². The highest BCUT2D eigenvalue weighted by Gasteiger charge is 2.45. The van der Waals surface area contributed by atoms with Gasteiger partial charge in [-0.15, -0.1) is 0 Å². The molecule has 1 unspecified atom stereocenters. The lowest BCUT2D eigenvalue weighted by atomic mass is 9.74. The second-order valence-corrected chi connectivity index (χ2v) is 6.26. The molecule has 0 amide bonds. The monoisotopic (exact) mass is 252 g/mol. The van der Waals surface area contributed by atoms with Gasteiger partial charge in [0.15, 0.2) is 0 Å². The first-order chi connectivity index (χ1) is 8.30. The SMILES string of the molecule is CC1CCC2(CC1)OCCNC2c1ccns1. The van der Waals surface area contributed by atoms with E-state index in [1.165, 1.54) is 30.6 Å². The second-order valence-electron chi connectivity index (χ2n) is 5.40. The van der Waals surface area contributed by atoms with Crippen molar-refractivity contribution in [1.29, 1.82) is 0 Å². The Labute approximate surface area is 107 Å². The summed E-state index contributed by atoms with van der Waals surface area (Å²) in [5.41, 5.74) is 0.0390. The maximum Gasteiger partial charge on any atom is 0.0885 e. The van der Waals surface area contributed by atoms with Crippen LogP contribution in [0.15, 0.2) is 12.3 Å². The number of aromatic nitrogens is 1. The van der Waals surface area contributed by atoms with E-state index in [2.05, 4.69) is 22.7 Å². The van der Waals surface area contributed by atoms with E-state index in [9.17, 15) is 0 Å². The number of nitrogens with zero attached hydrogens (tertiary/aromatic N) is 1. The molecule has 1 N–H and O–H groups in total. The summed E-state index contributed by atoms with van der Waals surface area (Å²) in [6, 6.07) is 2.49. The van der Waals surface area contributed by atoms with Crippen LogP contribution in [-0.2, 0) is 4.74 Å². The zero-order valence-electron chi connectivity index (χ0n) is 10.3. The van der Waals surface area contributed by atoms with Crippen molar-refractivity contribution >= 4 is 11.5 Å². The van der Waals surface area contributed by atoms with Gasteiger partial charge in [-0.3, -0.25) is 0 Å². The molecule has 0 aromatic carbocycles. The van der Waals surface area contributed by atoms with Crippen LogP contribution < -0.4 is 5.32 Å². The minimum absolute atomic E-state index is 0.0390. The molecule has 1 atom stereocenters. The maximum absolute atomic E-state index is 6.21. The third-order valence-electron chi connectivity index (χ3n) is 4.23. The van der Waals surface area contributed by atoms with Gasteiger partial charge in [-0.1, -0.05) is 6.92 Å². The van der Waals surface area contributed by atoms with Crippen molar-refractivity contribution in [2.45, 2.75) is 44.2 Å². The zero-order chi connectivity index (χ0) is 11.7. The van der Waals surface area contributed by atoms with Gasteiger partial charge in [-0.2, -0.15) is 0 Å². The summed E-state index contributed by atoms with van der Waals surface area (Å²) in [7, 11) is 0. The van der Waals surface area contributed by atoms with E-state index in [0.717, 1.165) is 19.1 Å². The van der Waals surface area contributed by atoms with Crippen molar-refractivity contribution in [2.24, 2.45) is 5.92 Å². The minimum Gasteiger partial charge on any atom is -0.372 e. The normalized spacial score (nSPS) is 38.4. The van der Waals surface area contributed by atoms with E-state index in [4.69, 9.17) is 4.74 Å². The molecule has 2 aliphatic rings. The summed E-state index contributed by atoms with van der Waals surface area (Å²) in [5.74, 6) is 0.855. The highest BCUT2D eigenvalue weighted by molar-refractivity contribution is 7.05. The number of rotatable bonds is 1. The Bertz CT molecular complexity index is 358. The number of ether oxygens (including phenoxy) is 1. The molecular weight excluding hydrogens is 232 g/mol. The standard InChI is InChI=1S/C13H20N2OS/c1-10-2-5-13(6-3-10)12(14-8-9-16-13)11-4-7-15-17-11/h4,7,10,12,14H,2-3,5-6,8-9H2,1H3. The first-order valence-corrected chi connectivity index (χ1v) is 7.35. The molecule has 3 rings (SSSR count). The Morgan fingerprint density at radius 2 is 2.29 bits per heavy atom. The van der Waals surface area contributed by atoms with E-state index >= 15 is 0 Å². The second kappa shape index (κ2) is 4.67. The molecule has 2 heterocycles. The number of morpholine rings is 1. The van der Waals surface area contributed by atoms with Crippen LogP contribution >= 0.6 is 11.5 Å². The summed E-state index contributed by atoms with van der Waals surface area (Å²) in [4.78, 5) is 1.33. The molecule has 1 spiro atoms. The Balaban J connectivity index is 1.84. The van der Waals surface area contributed by atoms with Gasteiger partial charge in [0.2, 0.25) is 0 Å².